The Morgan fingerprint density at radius 1 is 1.35 bits per heavy atom. The topological polar surface area (TPSA) is 35.2 Å². The molecule has 2 rings (SSSR count). The maximum absolute atomic E-state index is 13.3. The molecule has 1 unspecified atom stereocenters. The lowest BCUT2D eigenvalue weighted by molar-refractivity contribution is -0.0817. The van der Waals surface area contributed by atoms with Gasteiger partial charge in [0.2, 0.25) is 0 Å². The molecule has 0 aromatic heterocycles. The molecule has 20 heavy (non-hydrogen) atoms. The van der Waals surface area contributed by atoms with Gasteiger partial charge in [-0.1, -0.05) is 25.3 Å². The minimum Gasteiger partial charge on any atom is -0.374 e. The Bertz CT molecular complexity index is 441. The summed E-state index contributed by atoms with van der Waals surface area (Å²) in [5.41, 5.74) is 7.31. The van der Waals surface area contributed by atoms with Crippen molar-refractivity contribution in [2.45, 2.75) is 57.1 Å². The van der Waals surface area contributed by atoms with Crippen LogP contribution >= 0.6 is 15.9 Å². The average molecular weight is 344 g/mol. The molecular weight excluding hydrogens is 321 g/mol. The second-order valence-electron chi connectivity index (χ2n) is 5.62. The zero-order chi connectivity index (χ0) is 14.6. The zero-order valence-corrected chi connectivity index (χ0v) is 13.6. The molecule has 0 heterocycles. The fourth-order valence-corrected chi connectivity index (χ4v) is 3.59. The van der Waals surface area contributed by atoms with Crippen LogP contribution in [0.5, 0.6) is 0 Å². The van der Waals surface area contributed by atoms with Crippen LogP contribution in [-0.2, 0) is 11.2 Å². The van der Waals surface area contributed by atoms with Crippen molar-refractivity contribution in [1.29, 1.82) is 0 Å². The van der Waals surface area contributed by atoms with Gasteiger partial charge in [0.05, 0.1) is 10.1 Å². The summed E-state index contributed by atoms with van der Waals surface area (Å²) in [7, 11) is 0. The van der Waals surface area contributed by atoms with Crippen LogP contribution in [0.1, 0.15) is 44.6 Å². The number of halogens is 2. The summed E-state index contributed by atoms with van der Waals surface area (Å²) >= 11 is 3.23. The highest BCUT2D eigenvalue weighted by atomic mass is 79.9. The minimum absolute atomic E-state index is 0.0416. The van der Waals surface area contributed by atoms with Gasteiger partial charge in [-0.25, -0.2) is 4.39 Å². The van der Waals surface area contributed by atoms with E-state index in [1.165, 1.54) is 25.3 Å². The fraction of sp³-hybridized carbons (Fsp3) is 0.625. The normalized spacial score (nSPS) is 19.8. The van der Waals surface area contributed by atoms with Crippen LogP contribution in [0.15, 0.2) is 22.7 Å². The first-order valence-corrected chi connectivity index (χ1v) is 8.20. The van der Waals surface area contributed by atoms with Crippen molar-refractivity contribution in [1.82, 2.24) is 0 Å². The number of hydrogen-bond acceptors (Lipinski definition) is 2. The van der Waals surface area contributed by atoms with Gasteiger partial charge in [-0.15, -0.1) is 0 Å². The SMILES string of the molecule is CCOC1(C(N)Cc2ccc(F)c(Br)c2)CCCCC1. The molecule has 1 saturated carbocycles. The molecule has 0 bridgehead atoms. The van der Waals surface area contributed by atoms with Crippen LogP contribution in [0.3, 0.4) is 0 Å². The lowest BCUT2D eigenvalue weighted by Gasteiger charge is -2.41. The number of nitrogens with two attached hydrogens (primary N) is 1. The van der Waals surface area contributed by atoms with Gasteiger partial charge in [0.1, 0.15) is 5.82 Å². The van der Waals surface area contributed by atoms with E-state index >= 15 is 0 Å². The summed E-state index contributed by atoms with van der Waals surface area (Å²) < 4.78 is 19.8. The van der Waals surface area contributed by atoms with Crippen LogP contribution in [0.2, 0.25) is 0 Å². The molecule has 1 atom stereocenters. The highest BCUT2D eigenvalue weighted by molar-refractivity contribution is 9.10. The first-order chi connectivity index (χ1) is 9.57. The van der Waals surface area contributed by atoms with E-state index in [0.29, 0.717) is 11.1 Å². The first kappa shape index (κ1) is 15.9. The summed E-state index contributed by atoms with van der Waals surface area (Å²) in [6.07, 6.45) is 6.42. The standard InChI is InChI=1S/C16H23BrFNO/c1-2-20-16(8-4-3-5-9-16)15(19)11-12-6-7-14(18)13(17)10-12/h6-7,10,15H,2-5,8-9,11,19H2,1H3. The van der Waals surface area contributed by atoms with Gasteiger partial charge >= 0.3 is 0 Å². The molecule has 2 nitrogen and oxygen atoms in total. The van der Waals surface area contributed by atoms with Gasteiger partial charge < -0.3 is 10.5 Å². The van der Waals surface area contributed by atoms with Crippen molar-refractivity contribution >= 4 is 15.9 Å². The van der Waals surface area contributed by atoms with E-state index in [2.05, 4.69) is 15.9 Å². The molecule has 2 N–H and O–H groups in total. The van der Waals surface area contributed by atoms with E-state index in [0.717, 1.165) is 24.8 Å². The Labute approximate surface area is 129 Å². The van der Waals surface area contributed by atoms with Gasteiger partial charge in [-0.3, -0.25) is 0 Å². The molecule has 0 amide bonds. The zero-order valence-electron chi connectivity index (χ0n) is 12.0. The molecule has 1 aromatic carbocycles. The quantitative estimate of drug-likeness (QED) is 0.869. The Morgan fingerprint density at radius 3 is 2.65 bits per heavy atom. The van der Waals surface area contributed by atoms with E-state index < -0.39 is 0 Å². The van der Waals surface area contributed by atoms with Gasteiger partial charge in [-0.05, 0) is 59.8 Å². The van der Waals surface area contributed by atoms with Crippen molar-refractivity contribution in [3.63, 3.8) is 0 Å². The van der Waals surface area contributed by atoms with Crippen molar-refractivity contribution in [2.75, 3.05) is 6.61 Å². The summed E-state index contributed by atoms with van der Waals surface area (Å²) in [5, 5.41) is 0. The maximum Gasteiger partial charge on any atom is 0.137 e. The fourth-order valence-electron chi connectivity index (χ4n) is 3.17. The van der Waals surface area contributed by atoms with Gasteiger partial charge in [0, 0.05) is 12.6 Å². The smallest absolute Gasteiger partial charge is 0.137 e. The number of hydrogen-bond donors (Lipinski definition) is 1. The lowest BCUT2D eigenvalue weighted by Crippen LogP contribution is -2.52. The third-order valence-corrected chi connectivity index (χ3v) is 4.85. The Balaban J connectivity index is 2.11. The van der Waals surface area contributed by atoms with Crippen molar-refractivity contribution in [3.8, 4) is 0 Å². The molecule has 1 aromatic rings. The third-order valence-electron chi connectivity index (χ3n) is 4.25. The molecule has 1 aliphatic carbocycles. The van der Waals surface area contributed by atoms with Crippen LogP contribution in [0, 0.1) is 5.82 Å². The third kappa shape index (κ3) is 3.60. The number of benzene rings is 1. The van der Waals surface area contributed by atoms with Crippen LogP contribution in [0.4, 0.5) is 4.39 Å². The van der Waals surface area contributed by atoms with Crippen LogP contribution < -0.4 is 5.73 Å². The van der Waals surface area contributed by atoms with E-state index in [9.17, 15) is 4.39 Å². The average Bonchev–Trinajstić information content (AvgIpc) is 2.44. The predicted molar refractivity (Wildman–Crippen MR) is 83.2 cm³/mol. The highest BCUT2D eigenvalue weighted by Gasteiger charge is 2.38. The molecule has 1 fully saturated rings. The van der Waals surface area contributed by atoms with E-state index in [-0.39, 0.29) is 17.5 Å². The Hall–Kier alpha value is -0.450. The summed E-state index contributed by atoms with van der Waals surface area (Å²) in [5.74, 6) is -0.237. The molecule has 0 spiro atoms. The van der Waals surface area contributed by atoms with E-state index in [1.54, 1.807) is 0 Å². The summed E-state index contributed by atoms with van der Waals surface area (Å²) in [6, 6.07) is 5.07. The van der Waals surface area contributed by atoms with Gasteiger partial charge in [0.15, 0.2) is 0 Å². The minimum atomic E-state index is -0.237. The van der Waals surface area contributed by atoms with E-state index in [4.69, 9.17) is 10.5 Å². The van der Waals surface area contributed by atoms with Crippen LogP contribution in [-0.4, -0.2) is 18.2 Å². The number of rotatable bonds is 5. The molecule has 4 heteroatoms. The molecule has 0 saturated heterocycles. The van der Waals surface area contributed by atoms with Crippen LogP contribution in [0.25, 0.3) is 0 Å². The van der Waals surface area contributed by atoms with E-state index in [1.807, 2.05) is 19.1 Å². The van der Waals surface area contributed by atoms with Crippen molar-refractivity contribution < 1.29 is 9.13 Å². The highest BCUT2D eigenvalue weighted by Crippen LogP contribution is 2.35. The van der Waals surface area contributed by atoms with Gasteiger partial charge in [0.25, 0.3) is 0 Å². The molecule has 0 radical (unpaired) electrons. The second kappa shape index (κ2) is 7.01. The largest absolute Gasteiger partial charge is 0.374 e. The van der Waals surface area contributed by atoms with Crippen molar-refractivity contribution in [3.05, 3.63) is 34.1 Å². The number of ether oxygens (including phenoxy) is 1. The van der Waals surface area contributed by atoms with Crippen molar-refractivity contribution in [2.24, 2.45) is 5.73 Å². The lowest BCUT2D eigenvalue weighted by atomic mass is 9.77. The molecule has 1 aliphatic rings. The molecular formula is C16H23BrFNO. The maximum atomic E-state index is 13.3. The monoisotopic (exact) mass is 343 g/mol. The Morgan fingerprint density at radius 2 is 2.05 bits per heavy atom. The van der Waals surface area contributed by atoms with Gasteiger partial charge in [-0.2, -0.15) is 0 Å². The molecule has 112 valence electrons. The Kier molecular flexibility index (Phi) is 5.58. The second-order valence-corrected chi connectivity index (χ2v) is 6.47. The predicted octanol–water partition coefficient (Wildman–Crippen LogP) is 4.20. The summed E-state index contributed by atoms with van der Waals surface area (Å²) in [4.78, 5) is 0. The molecule has 0 aliphatic heterocycles. The first-order valence-electron chi connectivity index (χ1n) is 7.41. The summed E-state index contributed by atoms with van der Waals surface area (Å²) in [6.45, 7) is 2.72.